The van der Waals surface area contributed by atoms with Gasteiger partial charge in [0.1, 0.15) is 0 Å². The van der Waals surface area contributed by atoms with Gasteiger partial charge in [-0.1, -0.05) is 0 Å². The Hall–Kier alpha value is -0.606. The summed E-state index contributed by atoms with van der Waals surface area (Å²) in [4.78, 5) is 19.1. The molecule has 0 N–H and O–H groups in total. The van der Waals surface area contributed by atoms with E-state index in [1.165, 1.54) is 0 Å². The minimum absolute atomic E-state index is 0. The molecule has 0 spiro atoms. The van der Waals surface area contributed by atoms with E-state index in [4.69, 9.17) is 0 Å². The van der Waals surface area contributed by atoms with E-state index in [1.807, 2.05) is 0 Å². The second-order valence-electron chi connectivity index (χ2n) is 1.24. The summed E-state index contributed by atoms with van der Waals surface area (Å²) in [6.45, 7) is -1.43. The molecule has 0 aromatic rings. The minimum atomic E-state index is -1.45. The van der Waals surface area contributed by atoms with Crippen LogP contribution in [0.15, 0.2) is 0 Å². The van der Waals surface area contributed by atoms with Gasteiger partial charge in [-0.2, -0.15) is 0 Å². The van der Waals surface area contributed by atoms with Crippen LogP contribution >= 0.6 is 0 Å². The molecular weight excluding hydrogens is 187 g/mol. The standard InChI is InChI=1S/C4H6O5.Ni/c5-3(6)1-9-2-4(7)8;/h1-2H2,(H,5,6)(H,7,8);/q;+2/p-2. The molecule has 0 rings (SSSR count). The van der Waals surface area contributed by atoms with Crippen molar-refractivity contribution in [1.29, 1.82) is 0 Å². The van der Waals surface area contributed by atoms with E-state index in [0.717, 1.165) is 0 Å². The molecule has 0 fully saturated rings. The number of hydrogen-bond donors (Lipinski definition) is 0. The molecule has 0 unspecified atom stereocenters. The minimum Gasteiger partial charge on any atom is -0.548 e. The van der Waals surface area contributed by atoms with Gasteiger partial charge in [0.25, 0.3) is 0 Å². The molecular formula is C4H4NiO5. The van der Waals surface area contributed by atoms with Crippen molar-refractivity contribution in [2.45, 2.75) is 0 Å². The Bertz CT molecular complexity index is 109. The molecule has 0 aromatic heterocycles. The first kappa shape index (κ1) is 12.1. The smallest absolute Gasteiger partial charge is 0.548 e. The molecule has 0 bridgehead atoms. The fourth-order valence-corrected chi connectivity index (χ4v) is 0.218. The number of rotatable bonds is 4. The number of carboxylic acids is 2. The van der Waals surface area contributed by atoms with E-state index in [-0.39, 0.29) is 16.5 Å². The SMILES string of the molecule is O=C([O-])COCC(=O)[O-].[Ni+2]. The van der Waals surface area contributed by atoms with Gasteiger partial charge in [-0.15, -0.1) is 0 Å². The van der Waals surface area contributed by atoms with Gasteiger partial charge < -0.3 is 24.5 Å². The van der Waals surface area contributed by atoms with E-state index < -0.39 is 25.2 Å². The van der Waals surface area contributed by atoms with Gasteiger partial charge in [-0.25, -0.2) is 0 Å². The molecule has 6 heteroatoms. The predicted molar refractivity (Wildman–Crippen MR) is 20.8 cm³/mol. The quantitative estimate of drug-likeness (QED) is 0.430. The maximum Gasteiger partial charge on any atom is 2.00 e. The molecule has 0 aliphatic heterocycles. The molecule has 0 aromatic carbocycles. The van der Waals surface area contributed by atoms with Crippen LogP contribution in [0.5, 0.6) is 0 Å². The molecule has 60 valence electrons. The summed E-state index contributed by atoms with van der Waals surface area (Å²) < 4.78 is 4.03. The third-order valence-electron chi connectivity index (χ3n) is 0.440. The van der Waals surface area contributed by atoms with Crippen LogP contribution in [0, 0.1) is 0 Å². The Morgan fingerprint density at radius 2 is 1.40 bits per heavy atom. The van der Waals surface area contributed by atoms with E-state index >= 15 is 0 Å². The molecule has 0 radical (unpaired) electrons. The summed E-state index contributed by atoms with van der Waals surface area (Å²) in [6, 6.07) is 0. The van der Waals surface area contributed by atoms with Gasteiger partial charge in [0.15, 0.2) is 0 Å². The Labute approximate surface area is 66.9 Å². The van der Waals surface area contributed by atoms with Gasteiger partial charge in [-0.05, 0) is 0 Å². The molecule has 0 saturated heterocycles. The summed E-state index contributed by atoms with van der Waals surface area (Å²) in [7, 11) is 0. The van der Waals surface area contributed by atoms with Crippen LogP contribution in [0.25, 0.3) is 0 Å². The summed E-state index contributed by atoms with van der Waals surface area (Å²) in [5.74, 6) is -2.90. The van der Waals surface area contributed by atoms with Crippen molar-refractivity contribution in [3.05, 3.63) is 0 Å². The Kier molecular flexibility index (Phi) is 7.88. The van der Waals surface area contributed by atoms with Gasteiger partial charge in [0, 0.05) is 0 Å². The zero-order chi connectivity index (χ0) is 7.28. The van der Waals surface area contributed by atoms with Crippen molar-refractivity contribution < 1.29 is 41.0 Å². The number of carbonyl (C=O) groups is 2. The van der Waals surface area contributed by atoms with E-state index in [1.54, 1.807) is 0 Å². The number of carbonyl (C=O) groups excluding carboxylic acids is 2. The maximum absolute atomic E-state index is 9.53. The van der Waals surface area contributed by atoms with Crippen molar-refractivity contribution in [3.8, 4) is 0 Å². The van der Waals surface area contributed by atoms with Crippen LogP contribution in [-0.2, 0) is 30.8 Å². The fourth-order valence-electron chi connectivity index (χ4n) is 0.218. The molecule has 0 atom stereocenters. The Morgan fingerprint density at radius 3 is 1.60 bits per heavy atom. The van der Waals surface area contributed by atoms with Gasteiger partial charge in [0.2, 0.25) is 0 Å². The van der Waals surface area contributed by atoms with E-state index in [0.29, 0.717) is 0 Å². The molecule has 0 heterocycles. The van der Waals surface area contributed by atoms with Crippen LogP contribution in [0.4, 0.5) is 0 Å². The van der Waals surface area contributed by atoms with Crippen LogP contribution in [0.3, 0.4) is 0 Å². The normalized spacial score (nSPS) is 8.00. The zero-order valence-corrected chi connectivity index (χ0v) is 5.76. The topological polar surface area (TPSA) is 89.5 Å². The first-order chi connectivity index (χ1) is 4.13. The Morgan fingerprint density at radius 1 is 1.10 bits per heavy atom. The summed E-state index contributed by atoms with van der Waals surface area (Å²) in [5, 5.41) is 19.1. The second-order valence-corrected chi connectivity index (χ2v) is 1.24. The van der Waals surface area contributed by atoms with Crippen LogP contribution < -0.4 is 10.2 Å². The first-order valence-electron chi connectivity index (χ1n) is 2.10. The second kappa shape index (κ2) is 6.51. The van der Waals surface area contributed by atoms with Crippen molar-refractivity contribution in [2.75, 3.05) is 13.2 Å². The summed E-state index contributed by atoms with van der Waals surface area (Å²) >= 11 is 0. The van der Waals surface area contributed by atoms with Crippen molar-refractivity contribution in [3.63, 3.8) is 0 Å². The summed E-state index contributed by atoms with van der Waals surface area (Å²) in [6.07, 6.45) is 0. The zero-order valence-electron chi connectivity index (χ0n) is 4.77. The largest absolute Gasteiger partial charge is 2.00 e. The van der Waals surface area contributed by atoms with Gasteiger partial charge in [0.05, 0.1) is 25.2 Å². The van der Waals surface area contributed by atoms with Crippen molar-refractivity contribution >= 4 is 11.9 Å². The van der Waals surface area contributed by atoms with Crippen LogP contribution in [0.1, 0.15) is 0 Å². The summed E-state index contributed by atoms with van der Waals surface area (Å²) in [5.41, 5.74) is 0. The average molecular weight is 191 g/mol. The molecule has 10 heavy (non-hydrogen) atoms. The molecule has 5 nitrogen and oxygen atoms in total. The van der Waals surface area contributed by atoms with Crippen molar-refractivity contribution in [1.82, 2.24) is 0 Å². The molecule has 0 amide bonds. The van der Waals surface area contributed by atoms with E-state index in [2.05, 4.69) is 4.74 Å². The molecule has 0 saturated carbocycles. The first-order valence-corrected chi connectivity index (χ1v) is 2.10. The number of ether oxygens (including phenoxy) is 1. The van der Waals surface area contributed by atoms with Crippen LogP contribution in [-0.4, -0.2) is 25.2 Å². The van der Waals surface area contributed by atoms with Crippen molar-refractivity contribution in [2.24, 2.45) is 0 Å². The van der Waals surface area contributed by atoms with Crippen LogP contribution in [0.2, 0.25) is 0 Å². The monoisotopic (exact) mass is 190 g/mol. The van der Waals surface area contributed by atoms with Gasteiger partial charge >= 0.3 is 16.5 Å². The van der Waals surface area contributed by atoms with Gasteiger partial charge in [-0.3, -0.25) is 0 Å². The number of aliphatic carboxylic acids is 2. The Balaban J connectivity index is 0. The molecule has 0 aliphatic carbocycles. The third kappa shape index (κ3) is 10.4. The van der Waals surface area contributed by atoms with E-state index in [9.17, 15) is 19.8 Å². The average Bonchev–Trinajstić information content (AvgIpc) is 1.63. The number of hydrogen-bond acceptors (Lipinski definition) is 5. The third-order valence-corrected chi connectivity index (χ3v) is 0.440. The fraction of sp³-hybridized carbons (Fsp3) is 0.500. The predicted octanol–water partition coefficient (Wildman–Crippen LogP) is -3.50. The number of carboxylic acid groups (broad SMARTS) is 2. The maximum atomic E-state index is 9.53. The molecule has 0 aliphatic rings.